The van der Waals surface area contributed by atoms with E-state index in [4.69, 9.17) is 35.8 Å². The minimum atomic E-state index is -5.29. The Morgan fingerprint density at radius 2 is 1.66 bits per heavy atom. The number of rotatable bonds is 9. The molecule has 0 amide bonds. The third-order valence-electron chi connectivity index (χ3n) is 3.99. The molecule has 0 aromatic carbocycles. The summed E-state index contributed by atoms with van der Waals surface area (Å²) in [5, 5.41) is 20.3. The van der Waals surface area contributed by atoms with Gasteiger partial charge in [0.2, 0.25) is 0 Å². The van der Waals surface area contributed by atoms with Crippen molar-refractivity contribution in [2.75, 3.05) is 25.5 Å². The SMILES string of the molecule is NCCOP(=O)(O)O.Nc1ncnc2c1ncn2[C@@H]1O[C@H](COP(=O)(O)OP(=O)(O)O)[C@@H](O)[C@H]1O. The highest BCUT2D eigenvalue weighted by Crippen LogP contribution is 2.57. The van der Waals surface area contributed by atoms with E-state index in [0.717, 1.165) is 6.33 Å². The molecule has 1 aliphatic rings. The maximum atomic E-state index is 11.5. The minimum Gasteiger partial charge on any atom is -0.387 e. The summed E-state index contributed by atoms with van der Waals surface area (Å²) in [4.78, 5) is 54.1. The summed E-state index contributed by atoms with van der Waals surface area (Å²) in [7, 11) is -14.7. The molecular weight excluding hydrogens is 545 g/mol. The highest BCUT2D eigenvalue weighted by Gasteiger charge is 2.46. The number of ether oxygens (including phenoxy) is 1. The van der Waals surface area contributed by atoms with Crippen LogP contribution in [0.5, 0.6) is 0 Å². The smallest absolute Gasteiger partial charge is 0.387 e. The molecule has 35 heavy (non-hydrogen) atoms. The molecule has 1 saturated heterocycles. The summed E-state index contributed by atoms with van der Waals surface area (Å²) >= 11 is 0. The van der Waals surface area contributed by atoms with Crippen LogP contribution in [0.4, 0.5) is 5.82 Å². The largest absolute Gasteiger partial charge is 0.481 e. The van der Waals surface area contributed by atoms with Gasteiger partial charge in [-0.3, -0.25) is 13.6 Å². The summed E-state index contributed by atoms with van der Waals surface area (Å²) in [5.41, 5.74) is 11.0. The normalized spacial score (nSPS) is 24.7. The lowest BCUT2D eigenvalue weighted by molar-refractivity contribution is -0.0503. The molecule has 1 unspecified atom stereocenters. The van der Waals surface area contributed by atoms with Gasteiger partial charge < -0.3 is 50.9 Å². The molecule has 3 heterocycles. The number of hydrogen-bond donors (Lipinski definition) is 9. The quantitative estimate of drug-likeness (QED) is 0.139. The molecule has 0 aliphatic carbocycles. The van der Waals surface area contributed by atoms with Crippen molar-refractivity contribution in [3.05, 3.63) is 12.7 Å². The van der Waals surface area contributed by atoms with Gasteiger partial charge in [-0.25, -0.2) is 28.6 Å². The number of aliphatic hydroxyl groups excluding tert-OH is 2. The summed E-state index contributed by atoms with van der Waals surface area (Å²) < 4.78 is 50.5. The average molecular weight is 568 g/mol. The molecule has 1 fully saturated rings. The van der Waals surface area contributed by atoms with Crippen LogP contribution in [0.15, 0.2) is 12.7 Å². The number of nitrogens with zero attached hydrogens (tertiary/aromatic N) is 4. The topological polar surface area (TPSA) is 325 Å². The van der Waals surface area contributed by atoms with Crippen molar-refractivity contribution < 1.29 is 66.5 Å². The highest BCUT2D eigenvalue weighted by atomic mass is 31.3. The first-order valence-corrected chi connectivity index (χ1v) is 13.7. The Hall–Kier alpha value is -1.44. The Morgan fingerprint density at radius 1 is 1.00 bits per heavy atom. The second-order valence-corrected chi connectivity index (χ2v) is 10.6. The molecule has 20 nitrogen and oxygen atoms in total. The van der Waals surface area contributed by atoms with Crippen LogP contribution in [0, 0.1) is 0 Å². The summed E-state index contributed by atoms with van der Waals surface area (Å²) in [5.74, 6) is 0.0856. The predicted octanol–water partition coefficient (Wildman–Crippen LogP) is -2.69. The first-order valence-electron chi connectivity index (χ1n) is 9.13. The van der Waals surface area contributed by atoms with Gasteiger partial charge in [0, 0.05) is 6.54 Å². The van der Waals surface area contributed by atoms with Gasteiger partial charge in [0.15, 0.2) is 17.7 Å². The lowest BCUT2D eigenvalue weighted by Crippen LogP contribution is -2.33. The zero-order valence-corrected chi connectivity index (χ0v) is 20.0. The first kappa shape index (κ1) is 29.8. The fourth-order valence-electron chi connectivity index (χ4n) is 2.65. The molecule has 200 valence electrons. The van der Waals surface area contributed by atoms with Crippen LogP contribution in [-0.4, -0.2) is 92.3 Å². The van der Waals surface area contributed by atoms with Crippen molar-refractivity contribution in [3.8, 4) is 0 Å². The molecule has 2 aromatic heterocycles. The monoisotopic (exact) mass is 568 g/mol. The van der Waals surface area contributed by atoms with Gasteiger partial charge in [0.05, 0.1) is 19.5 Å². The third-order valence-corrected chi connectivity index (χ3v) is 6.66. The van der Waals surface area contributed by atoms with Crippen LogP contribution in [-0.2, 0) is 31.8 Å². The van der Waals surface area contributed by atoms with Gasteiger partial charge in [0.1, 0.15) is 30.2 Å². The van der Waals surface area contributed by atoms with Crippen LogP contribution in [0.25, 0.3) is 11.2 Å². The van der Waals surface area contributed by atoms with E-state index in [1.165, 1.54) is 10.9 Å². The Kier molecular flexibility index (Phi) is 9.99. The molecule has 0 spiro atoms. The van der Waals surface area contributed by atoms with Gasteiger partial charge in [0.25, 0.3) is 0 Å². The Labute approximate surface area is 195 Å². The number of imidazole rings is 1. The number of anilines is 1. The lowest BCUT2D eigenvalue weighted by Gasteiger charge is -2.17. The predicted molar refractivity (Wildman–Crippen MR) is 112 cm³/mol. The second kappa shape index (κ2) is 11.7. The average Bonchev–Trinajstić information content (AvgIpc) is 3.26. The fraction of sp³-hybridized carbons (Fsp3) is 0.583. The second-order valence-electron chi connectivity index (χ2n) is 6.58. The van der Waals surface area contributed by atoms with E-state index in [-0.39, 0.29) is 30.1 Å². The number of nitrogens with two attached hydrogens (primary N) is 2. The summed E-state index contributed by atoms with van der Waals surface area (Å²) in [6.45, 7) is -0.804. The van der Waals surface area contributed by atoms with E-state index in [0.29, 0.717) is 0 Å². The number of phosphoric ester groups is 2. The zero-order chi connectivity index (χ0) is 26.6. The molecule has 23 heteroatoms. The van der Waals surface area contributed by atoms with Crippen LogP contribution in [0.2, 0.25) is 0 Å². The number of phosphoric acid groups is 3. The number of aromatic nitrogens is 4. The molecule has 5 atom stereocenters. The van der Waals surface area contributed by atoms with Gasteiger partial charge in [-0.1, -0.05) is 0 Å². The Balaban J connectivity index is 0.000000466. The number of fused-ring (bicyclic) bond motifs is 1. The van der Waals surface area contributed by atoms with Gasteiger partial charge in [-0.05, 0) is 0 Å². The Bertz CT molecular complexity index is 1140. The van der Waals surface area contributed by atoms with Crippen molar-refractivity contribution in [1.29, 1.82) is 0 Å². The molecule has 1 aliphatic heterocycles. The molecule has 0 bridgehead atoms. The number of nitrogen functional groups attached to an aromatic ring is 1. The maximum absolute atomic E-state index is 11.5. The minimum absolute atomic E-state index is 0.0856. The van der Waals surface area contributed by atoms with E-state index in [1.54, 1.807) is 0 Å². The van der Waals surface area contributed by atoms with E-state index in [2.05, 4.69) is 28.3 Å². The van der Waals surface area contributed by atoms with Crippen molar-refractivity contribution in [1.82, 2.24) is 19.5 Å². The standard InChI is InChI=1S/C10H15N5O10P2.C2H8NO4P/c11-8-5-9(13-2-12-8)15(3-14-5)10-7(17)6(16)4(24-10)1-23-27(21,22)25-26(18,19)20;3-1-2-7-8(4,5)6/h2-4,6-7,10,16-17H,1H2,(H,21,22)(H2,11,12,13)(H2,18,19,20);1-3H2,(H2,4,5,6)/t4-,6-,7-,10-;/m1./s1. The first-order chi connectivity index (χ1) is 16.0. The van der Waals surface area contributed by atoms with Crippen molar-refractivity contribution >= 4 is 40.4 Å². The third kappa shape index (κ3) is 8.87. The number of aliphatic hydroxyl groups is 2. The molecule has 3 rings (SSSR count). The van der Waals surface area contributed by atoms with Gasteiger partial charge in [-0.15, -0.1) is 0 Å². The molecule has 0 saturated carbocycles. The molecule has 0 radical (unpaired) electrons. The van der Waals surface area contributed by atoms with Gasteiger partial charge in [-0.2, -0.15) is 4.31 Å². The zero-order valence-electron chi connectivity index (χ0n) is 17.4. The Morgan fingerprint density at radius 3 is 2.20 bits per heavy atom. The van der Waals surface area contributed by atoms with E-state index >= 15 is 0 Å². The molecular formula is C12H23N6O14P3. The van der Waals surface area contributed by atoms with Crippen LogP contribution >= 0.6 is 23.5 Å². The fourth-order valence-corrected chi connectivity index (χ4v) is 4.59. The van der Waals surface area contributed by atoms with Gasteiger partial charge >= 0.3 is 23.5 Å². The molecule has 11 N–H and O–H groups in total. The van der Waals surface area contributed by atoms with E-state index in [9.17, 15) is 28.8 Å². The summed E-state index contributed by atoms with van der Waals surface area (Å²) in [6.07, 6.45) is -3.20. The van der Waals surface area contributed by atoms with Crippen LogP contribution in [0.3, 0.4) is 0 Å². The van der Waals surface area contributed by atoms with Crippen molar-refractivity contribution in [3.63, 3.8) is 0 Å². The van der Waals surface area contributed by atoms with Crippen LogP contribution in [0.1, 0.15) is 6.23 Å². The van der Waals surface area contributed by atoms with E-state index < -0.39 is 54.6 Å². The molecule has 2 aromatic rings. The lowest BCUT2D eigenvalue weighted by atomic mass is 10.1. The number of hydrogen-bond acceptors (Lipinski definition) is 14. The van der Waals surface area contributed by atoms with Crippen molar-refractivity contribution in [2.24, 2.45) is 5.73 Å². The van der Waals surface area contributed by atoms with Crippen molar-refractivity contribution in [2.45, 2.75) is 24.5 Å². The highest BCUT2D eigenvalue weighted by molar-refractivity contribution is 7.60. The van der Waals surface area contributed by atoms with Crippen LogP contribution < -0.4 is 11.5 Å². The summed E-state index contributed by atoms with van der Waals surface area (Å²) in [6, 6.07) is 0. The van der Waals surface area contributed by atoms with E-state index in [1.807, 2.05) is 0 Å². The maximum Gasteiger partial charge on any atom is 0.481 e.